The second kappa shape index (κ2) is 8.27. The average Bonchev–Trinajstić information content (AvgIpc) is 3.51. The summed E-state index contributed by atoms with van der Waals surface area (Å²) < 4.78 is 5.51. The number of aliphatic hydroxyl groups excluding tert-OH is 1. The molecule has 1 aromatic carbocycles. The molecule has 1 saturated carbocycles. The van der Waals surface area contributed by atoms with E-state index in [1.807, 2.05) is 12.1 Å². The third-order valence-corrected chi connectivity index (χ3v) is 7.75. The first-order valence-electron chi connectivity index (χ1n) is 11.2. The van der Waals surface area contributed by atoms with Crippen LogP contribution in [0.3, 0.4) is 0 Å². The molecule has 0 spiro atoms. The summed E-state index contributed by atoms with van der Waals surface area (Å²) in [7, 11) is 0. The van der Waals surface area contributed by atoms with Crippen molar-refractivity contribution in [2.45, 2.75) is 43.7 Å². The Balaban J connectivity index is 1.31. The Hall–Kier alpha value is -2.24. The van der Waals surface area contributed by atoms with E-state index in [2.05, 4.69) is 34.3 Å². The van der Waals surface area contributed by atoms with Gasteiger partial charge in [-0.2, -0.15) is 5.26 Å². The molecule has 0 radical (unpaired) electrons. The lowest BCUT2D eigenvalue weighted by molar-refractivity contribution is -0.117. The van der Waals surface area contributed by atoms with E-state index in [-0.39, 0.29) is 23.3 Å². The van der Waals surface area contributed by atoms with Gasteiger partial charge in [0.15, 0.2) is 0 Å². The van der Waals surface area contributed by atoms with E-state index in [9.17, 15) is 9.90 Å². The van der Waals surface area contributed by atoms with Gasteiger partial charge in [-0.05, 0) is 74.3 Å². The standard InChI is InChI=1S/C24H27ClN4O3/c1-24(13-32-12-21(24)30)29-4-2-14(3-5-29)18-6-15-9-22(27-11-17(15)8-20(18)25)28-23(31)19-7-16(19)10-26/h6,8-9,11,14,16,19,21,30H,2-5,7,12-13H2,1H3,(H,27,28,31)/t16-,19+,21-,24+/m1/s1. The summed E-state index contributed by atoms with van der Waals surface area (Å²) in [6, 6.07) is 8.07. The highest BCUT2D eigenvalue weighted by atomic mass is 35.5. The highest BCUT2D eigenvalue weighted by Gasteiger charge is 2.45. The first-order chi connectivity index (χ1) is 15.4. The Morgan fingerprint density at radius 3 is 2.78 bits per heavy atom. The maximum Gasteiger partial charge on any atom is 0.230 e. The highest BCUT2D eigenvalue weighted by Crippen LogP contribution is 2.40. The largest absolute Gasteiger partial charge is 0.389 e. The molecule has 1 amide bonds. The predicted molar refractivity (Wildman–Crippen MR) is 121 cm³/mol. The summed E-state index contributed by atoms with van der Waals surface area (Å²) in [5.41, 5.74) is 0.797. The van der Waals surface area contributed by atoms with Crippen molar-refractivity contribution in [2.24, 2.45) is 11.8 Å². The molecule has 7 nitrogen and oxygen atoms in total. The number of rotatable bonds is 4. The number of fused-ring (bicyclic) bond motifs is 1. The minimum atomic E-state index is -0.455. The molecule has 5 rings (SSSR count). The van der Waals surface area contributed by atoms with Gasteiger partial charge in [-0.15, -0.1) is 0 Å². The molecule has 168 valence electrons. The van der Waals surface area contributed by atoms with Crippen LogP contribution in [0.5, 0.6) is 0 Å². The van der Waals surface area contributed by atoms with Crippen molar-refractivity contribution in [1.82, 2.24) is 9.88 Å². The number of aliphatic hydroxyl groups is 1. The molecule has 3 aliphatic rings. The number of nitrogens with zero attached hydrogens (tertiary/aromatic N) is 3. The van der Waals surface area contributed by atoms with Gasteiger partial charge in [-0.25, -0.2) is 4.98 Å². The molecule has 3 heterocycles. The van der Waals surface area contributed by atoms with Gasteiger partial charge in [0.2, 0.25) is 5.91 Å². The first kappa shape index (κ1) is 21.6. The average molecular weight is 455 g/mol. The molecule has 32 heavy (non-hydrogen) atoms. The number of halogens is 1. The van der Waals surface area contributed by atoms with Crippen LogP contribution in [0.4, 0.5) is 5.82 Å². The maximum atomic E-state index is 12.3. The van der Waals surface area contributed by atoms with E-state index in [1.54, 1.807) is 6.20 Å². The molecular weight excluding hydrogens is 428 g/mol. The molecule has 3 fully saturated rings. The van der Waals surface area contributed by atoms with Gasteiger partial charge in [0.05, 0.1) is 42.8 Å². The Morgan fingerprint density at radius 2 is 2.12 bits per heavy atom. The zero-order valence-electron chi connectivity index (χ0n) is 18.1. The molecule has 1 aromatic heterocycles. The number of ether oxygens (including phenoxy) is 1. The zero-order valence-corrected chi connectivity index (χ0v) is 18.8. The third-order valence-electron chi connectivity index (χ3n) is 7.43. The number of piperidine rings is 1. The lowest BCUT2D eigenvalue weighted by atomic mass is 9.85. The number of likely N-dealkylation sites (tertiary alicyclic amines) is 1. The topological polar surface area (TPSA) is 98.5 Å². The van der Waals surface area contributed by atoms with Crippen molar-refractivity contribution in [1.29, 1.82) is 5.26 Å². The summed E-state index contributed by atoms with van der Waals surface area (Å²) in [4.78, 5) is 19.0. The fourth-order valence-electron chi connectivity index (χ4n) is 5.07. The molecule has 0 bridgehead atoms. The number of nitriles is 1. The van der Waals surface area contributed by atoms with Gasteiger partial charge in [-0.3, -0.25) is 9.69 Å². The Morgan fingerprint density at radius 1 is 1.34 bits per heavy atom. The van der Waals surface area contributed by atoms with E-state index in [1.165, 1.54) is 0 Å². The number of anilines is 1. The van der Waals surface area contributed by atoms with Gasteiger partial charge < -0.3 is 15.2 Å². The van der Waals surface area contributed by atoms with Crippen molar-refractivity contribution in [2.75, 3.05) is 31.6 Å². The minimum Gasteiger partial charge on any atom is -0.389 e. The van der Waals surface area contributed by atoms with Crippen molar-refractivity contribution >= 4 is 34.1 Å². The van der Waals surface area contributed by atoms with Gasteiger partial charge in [-0.1, -0.05) is 11.6 Å². The number of amides is 1. The van der Waals surface area contributed by atoms with Crippen molar-refractivity contribution in [3.63, 3.8) is 0 Å². The Bertz CT molecular complexity index is 1090. The second-order valence-electron chi connectivity index (χ2n) is 9.51. The van der Waals surface area contributed by atoms with E-state index in [4.69, 9.17) is 21.6 Å². The first-order valence-corrected chi connectivity index (χ1v) is 11.6. The molecule has 8 heteroatoms. The molecule has 2 N–H and O–H groups in total. The lowest BCUT2D eigenvalue weighted by Crippen LogP contribution is -2.56. The van der Waals surface area contributed by atoms with Crippen LogP contribution in [0.2, 0.25) is 5.02 Å². The number of carbonyl (C=O) groups excluding carboxylic acids is 1. The van der Waals surface area contributed by atoms with E-state index in [0.29, 0.717) is 31.4 Å². The number of pyridine rings is 1. The van der Waals surface area contributed by atoms with Crippen molar-refractivity contribution < 1.29 is 14.6 Å². The van der Waals surface area contributed by atoms with Gasteiger partial charge in [0, 0.05) is 16.6 Å². The summed E-state index contributed by atoms with van der Waals surface area (Å²) >= 11 is 6.65. The van der Waals surface area contributed by atoms with Crippen LogP contribution in [0.15, 0.2) is 24.4 Å². The molecule has 2 saturated heterocycles. The minimum absolute atomic E-state index is 0.142. The van der Waals surface area contributed by atoms with Crippen LogP contribution in [0.25, 0.3) is 10.8 Å². The number of carbonyl (C=O) groups is 1. The van der Waals surface area contributed by atoms with Gasteiger partial charge in [0.1, 0.15) is 5.82 Å². The Kier molecular flexibility index (Phi) is 5.58. The normalized spacial score (nSPS) is 30.9. The third kappa shape index (κ3) is 3.86. The van der Waals surface area contributed by atoms with Crippen molar-refractivity contribution in [3.05, 3.63) is 35.0 Å². The van der Waals surface area contributed by atoms with Gasteiger partial charge in [0.25, 0.3) is 0 Å². The second-order valence-corrected chi connectivity index (χ2v) is 9.91. The van der Waals surface area contributed by atoms with Crippen LogP contribution in [-0.4, -0.2) is 58.8 Å². The van der Waals surface area contributed by atoms with Gasteiger partial charge >= 0.3 is 0 Å². The molecule has 1 aliphatic carbocycles. The summed E-state index contributed by atoms with van der Waals surface area (Å²) in [5.74, 6) is 0.286. The van der Waals surface area contributed by atoms with Crippen molar-refractivity contribution in [3.8, 4) is 6.07 Å². The number of hydrogen-bond acceptors (Lipinski definition) is 6. The fourth-order valence-corrected chi connectivity index (χ4v) is 5.39. The summed E-state index contributed by atoms with van der Waals surface area (Å²) in [6.07, 6.45) is 3.80. The lowest BCUT2D eigenvalue weighted by Gasteiger charge is -2.43. The van der Waals surface area contributed by atoms with E-state index in [0.717, 1.165) is 47.3 Å². The van der Waals surface area contributed by atoms with Crippen LogP contribution < -0.4 is 5.32 Å². The molecule has 2 aromatic rings. The molecule has 0 unspecified atom stereocenters. The Labute approximate surface area is 192 Å². The number of benzene rings is 1. The van der Waals surface area contributed by atoms with Crippen LogP contribution in [0.1, 0.15) is 37.7 Å². The molecule has 2 aliphatic heterocycles. The fraction of sp³-hybridized carbons (Fsp3) is 0.542. The SMILES string of the molecule is C[C@]1(N2CCC(c3cc4cc(NC(=O)[C@H]5C[C@@H]5C#N)ncc4cc3Cl)CC2)COC[C@H]1O. The monoisotopic (exact) mass is 454 g/mol. The predicted octanol–water partition coefficient (Wildman–Crippen LogP) is 3.32. The van der Waals surface area contributed by atoms with E-state index >= 15 is 0 Å². The molecular formula is C24H27ClN4O3. The zero-order chi connectivity index (χ0) is 22.5. The van der Waals surface area contributed by atoms with E-state index < -0.39 is 6.10 Å². The maximum absolute atomic E-state index is 12.3. The number of hydrogen-bond donors (Lipinski definition) is 2. The summed E-state index contributed by atoms with van der Waals surface area (Å²) in [6.45, 7) is 4.81. The highest BCUT2D eigenvalue weighted by molar-refractivity contribution is 6.32. The van der Waals surface area contributed by atoms with Crippen LogP contribution in [-0.2, 0) is 9.53 Å². The number of nitrogens with one attached hydrogen (secondary N) is 1. The summed E-state index contributed by atoms with van der Waals surface area (Å²) in [5, 5.41) is 24.8. The smallest absolute Gasteiger partial charge is 0.230 e. The quantitative estimate of drug-likeness (QED) is 0.735. The number of aromatic nitrogens is 1. The van der Waals surface area contributed by atoms with Crippen LogP contribution in [0, 0.1) is 23.2 Å². The molecule has 4 atom stereocenters. The van der Waals surface area contributed by atoms with Crippen LogP contribution >= 0.6 is 11.6 Å².